The molecule has 0 aromatic heterocycles. The summed E-state index contributed by atoms with van der Waals surface area (Å²) in [5.41, 5.74) is 2.94. The Hall–Kier alpha value is -3.31. The van der Waals surface area contributed by atoms with Gasteiger partial charge in [0.15, 0.2) is 6.61 Å². The van der Waals surface area contributed by atoms with E-state index >= 15 is 0 Å². The zero-order valence-corrected chi connectivity index (χ0v) is 21.1. The largest absolute Gasteiger partial charge is 0.484 e. The number of carbonyl (C=O) groups excluding carboxylic acids is 2. The Kier molecular flexibility index (Phi) is 10.2. The van der Waals surface area contributed by atoms with Crippen molar-refractivity contribution in [2.75, 3.05) is 13.2 Å². The van der Waals surface area contributed by atoms with Crippen LogP contribution < -0.4 is 10.1 Å². The molecular formula is C29H33ClN2O3. The average Bonchev–Trinajstić information content (AvgIpc) is 2.89. The molecule has 6 heteroatoms. The fraction of sp³-hybridized carbons (Fsp3) is 0.310. The molecule has 35 heavy (non-hydrogen) atoms. The van der Waals surface area contributed by atoms with Gasteiger partial charge in [-0.25, -0.2) is 0 Å². The van der Waals surface area contributed by atoms with E-state index in [0.29, 0.717) is 23.7 Å². The molecule has 3 rings (SSSR count). The first kappa shape index (κ1) is 26.3. The number of halogens is 1. The molecule has 0 saturated heterocycles. The van der Waals surface area contributed by atoms with E-state index in [0.717, 1.165) is 24.0 Å². The molecule has 1 atom stereocenters. The fourth-order valence-electron chi connectivity index (χ4n) is 3.78. The van der Waals surface area contributed by atoms with Crippen LogP contribution in [-0.4, -0.2) is 35.9 Å². The van der Waals surface area contributed by atoms with Gasteiger partial charge >= 0.3 is 0 Å². The quantitative estimate of drug-likeness (QED) is 0.366. The van der Waals surface area contributed by atoms with Gasteiger partial charge in [-0.15, -0.1) is 0 Å². The lowest BCUT2D eigenvalue weighted by Gasteiger charge is -2.31. The van der Waals surface area contributed by atoms with Crippen LogP contribution in [0, 0.1) is 0 Å². The monoisotopic (exact) mass is 492 g/mol. The summed E-state index contributed by atoms with van der Waals surface area (Å²) in [6, 6.07) is 24.1. The van der Waals surface area contributed by atoms with Gasteiger partial charge in [0.25, 0.3) is 5.91 Å². The first-order valence-electron chi connectivity index (χ1n) is 12.1. The predicted molar refractivity (Wildman–Crippen MR) is 141 cm³/mol. The van der Waals surface area contributed by atoms with Crippen LogP contribution in [0.3, 0.4) is 0 Å². The first-order chi connectivity index (χ1) is 17.0. The van der Waals surface area contributed by atoms with Gasteiger partial charge in [-0.1, -0.05) is 86.1 Å². The highest BCUT2D eigenvalue weighted by Crippen LogP contribution is 2.21. The maximum atomic E-state index is 13.5. The van der Waals surface area contributed by atoms with Crippen LogP contribution in [0.25, 0.3) is 0 Å². The summed E-state index contributed by atoms with van der Waals surface area (Å²) in [6.07, 6.45) is 2.12. The van der Waals surface area contributed by atoms with E-state index in [4.69, 9.17) is 16.3 Å². The molecular weight excluding hydrogens is 460 g/mol. The normalized spacial score (nSPS) is 11.5. The summed E-state index contributed by atoms with van der Waals surface area (Å²) >= 11 is 6.43. The smallest absolute Gasteiger partial charge is 0.261 e. The van der Waals surface area contributed by atoms with Gasteiger partial charge in [-0.2, -0.15) is 0 Å². The third-order valence-electron chi connectivity index (χ3n) is 5.81. The van der Waals surface area contributed by atoms with Crippen LogP contribution in [0.5, 0.6) is 5.75 Å². The zero-order chi connectivity index (χ0) is 25.0. The van der Waals surface area contributed by atoms with E-state index in [1.54, 1.807) is 11.0 Å². The van der Waals surface area contributed by atoms with Crippen LogP contribution in [0.4, 0.5) is 0 Å². The second-order valence-electron chi connectivity index (χ2n) is 8.40. The third-order valence-corrected chi connectivity index (χ3v) is 6.18. The molecule has 0 spiro atoms. The highest BCUT2D eigenvalue weighted by atomic mass is 35.5. The highest BCUT2D eigenvalue weighted by molar-refractivity contribution is 6.31. The number of carbonyl (C=O) groups is 2. The second kappa shape index (κ2) is 13.5. The molecule has 0 aliphatic rings. The first-order valence-corrected chi connectivity index (χ1v) is 12.5. The molecule has 0 aliphatic heterocycles. The number of ether oxygens (including phenoxy) is 1. The van der Waals surface area contributed by atoms with Crippen LogP contribution in [0.2, 0.25) is 5.02 Å². The van der Waals surface area contributed by atoms with Crippen molar-refractivity contribution in [3.63, 3.8) is 0 Å². The number of amides is 2. The molecule has 0 fully saturated rings. The standard InChI is InChI=1S/C29H33ClN2O3/c1-3-18-31-29(34)27(19-23-10-6-5-7-11-23)32(20-24-12-8-9-13-26(24)30)28(33)21-35-25-16-14-22(4-2)15-17-25/h5-17,27H,3-4,18-21H2,1-2H3,(H,31,34)/t27-/m0/s1. The van der Waals surface area contributed by atoms with Gasteiger partial charge in [0, 0.05) is 24.5 Å². The van der Waals surface area contributed by atoms with E-state index in [1.165, 1.54) is 5.56 Å². The lowest BCUT2D eigenvalue weighted by atomic mass is 10.0. The molecule has 184 valence electrons. The van der Waals surface area contributed by atoms with E-state index in [2.05, 4.69) is 12.2 Å². The molecule has 0 bridgehead atoms. The number of nitrogens with one attached hydrogen (secondary N) is 1. The van der Waals surface area contributed by atoms with E-state index in [9.17, 15) is 9.59 Å². The van der Waals surface area contributed by atoms with Crippen LogP contribution in [0.1, 0.15) is 37.0 Å². The fourth-order valence-corrected chi connectivity index (χ4v) is 3.97. The van der Waals surface area contributed by atoms with Crippen molar-refractivity contribution in [2.24, 2.45) is 0 Å². The Morgan fingerprint density at radius 3 is 2.26 bits per heavy atom. The molecule has 0 heterocycles. The predicted octanol–water partition coefficient (Wildman–Crippen LogP) is 5.45. The second-order valence-corrected chi connectivity index (χ2v) is 8.80. The number of hydrogen-bond acceptors (Lipinski definition) is 3. The van der Waals surface area contributed by atoms with Gasteiger partial charge in [0.05, 0.1) is 0 Å². The number of nitrogens with zero attached hydrogens (tertiary/aromatic N) is 1. The van der Waals surface area contributed by atoms with Gasteiger partial charge in [-0.3, -0.25) is 9.59 Å². The number of rotatable bonds is 12. The maximum absolute atomic E-state index is 13.5. The minimum atomic E-state index is -0.709. The van der Waals surface area contributed by atoms with Crippen molar-refractivity contribution in [1.82, 2.24) is 10.2 Å². The molecule has 0 unspecified atom stereocenters. The molecule has 5 nitrogen and oxygen atoms in total. The SMILES string of the molecule is CCCNC(=O)[C@H](Cc1ccccc1)N(Cc1ccccc1Cl)C(=O)COc1ccc(CC)cc1. The zero-order valence-electron chi connectivity index (χ0n) is 20.4. The summed E-state index contributed by atoms with van der Waals surface area (Å²) < 4.78 is 5.82. The molecule has 3 aromatic carbocycles. The van der Waals surface area contributed by atoms with Gasteiger partial charge in [0.1, 0.15) is 11.8 Å². The molecule has 1 N–H and O–H groups in total. The minimum Gasteiger partial charge on any atom is -0.484 e. The topological polar surface area (TPSA) is 58.6 Å². The van der Waals surface area contributed by atoms with Crippen molar-refractivity contribution < 1.29 is 14.3 Å². The Balaban J connectivity index is 1.88. The van der Waals surface area contributed by atoms with E-state index in [1.807, 2.05) is 79.7 Å². The summed E-state index contributed by atoms with van der Waals surface area (Å²) in [7, 11) is 0. The summed E-state index contributed by atoms with van der Waals surface area (Å²) in [4.78, 5) is 28.4. The van der Waals surface area contributed by atoms with E-state index in [-0.39, 0.29) is 25.0 Å². The summed E-state index contributed by atoms with van der Waals surface area (Å²) in [6.45, 7) is 4.65. The maximum Gasteiger partial charge on any atom is 0.261 e. The highest BCUT2D eigenvalue weighted by Gasteiger charge is 2.31. The van der Waals surface area contributed by atoms with Crippen LogP contribution in [-0.2, 0) is 29.0 Å². The van der Waals surface area contributed by atoms with Gasteiger partial charge < -0.3 is 15.0 Å². The number of hydrogen-bond donors (Lipinski definition) is 1. The lowest BCUT2D eigenvalue weighted by molar-refractivity contribution is -0.142. The Bertz CT molecular complexity index is 1090. The Morgan fingerprint density at radius 1 is 0.914 bits per heavy atom. The van der Waals surface area contributed by atoms with Crippen molar-refractivity contribution in [3.8, 4) is 5.75 Å². The Morgan fingerprint density at radius 2 is 1.60 bits per heavy atom. The molecule has 2 amide bonds. The molecule has 0 saturated carbocycles. The summed E-state index contributed by atoms with van der Waals surface area (Å²) in [5.74, 6) is 0.142. The van der Waals surface area contributed by atoms with Crippen molar-refractivity contribution >= 4 is 23.4 Å². The van der Waals surface area contributed by atoms with Gasteiger partial charge in [-0.05, 0) is 47.7 Å². The van der Waals surface area contributed by atoms with Crippen LogP contribution in [0.15, 0.2) is 78.9 Å². The van der Waals surface area contributed by atoms with E-state index < -0.39 is 6.04 Å². The van der Waals surface area contributed by atoms with Crippen LogP contribution >= 0.6 is 11.6 Å². The minimum absolute atomic E-state index is 0.178. The third kappa shape index (κ3) is 7.86. The molecule has 0 radical (unpaired) electrons. The molecule has 0 aliphatic carbocycles. The number of benzene rings is 3. The van der Waals surface area contributed by atoms with Crippen molar-refractivity contribution in [1.29, 1.82) is 0 Å². The lowest BCUT2D eigenvalue weighted by Crippen LogP contribution is -2.51. The molecule has 3 aromatic rings. The Labute approximate surface area is 213 Å². The van der Waals surface area contributed by atoms with Crippen molar-refractivity contribution in [2.45, 2.75) is 45.7 Å². The number of aryl methyl sites for hydroxylation is 1. The summed E-state index contributed by atoms with van der Waals surface area (Å²) in [5, 5.41) is 3.52. The van der Waals surface area contributed by atoms with Gasteiger partial charge in [0.2, 0.25) is 5.91 Å². The van der Waals surface area contributed by atoms with Crippen molar-refractivity contribution in [3.05, 3.63) is 101 Å². The average molecular weight is 493 g/mol.